The summed E-state index contributed by atoms with van der Waals surface area (Å²) in [4.78, 5) is 13.8. The standard InChI is InChI=1S/C14H18F2N2O2/c1-17(2)6-7-18(3)14-11(15)8-10(9-12(14)16)4-5-13(19)20/h4-5,8-9H,6-7H2,1-3H3,(H,19,20). The van der Waals surface area contributed by atoms with E-state index >= 15 is 0 Å². The number of carbonyl (C=O) groups is 1. The second-order valence-electron chi connectivity index (χ2n) is 4.73. The first-order chi connectivity index (χ1) is 9.31. The number of anilines is 1. The summed E-state index contributed by atoms with van der Waals surface area (Å²) >= 11 is 0. The Morgan fingerprint density at radius 2 is 1.75 bits per heavy atom. The summed E-state index contributed by atoms with van der Waals surface area (Å²) in [5.74, 6) is -2.59. The number of hydrogen-bond acceptors (Lipinski definition) is 3. The normalized spacial score (nSPS) is 11.3. The van der Waals surface area contributed by atoms with Gasteiger partial charge in [-0.25, -0.2) is 13.6 Å². The van der Waals surface area contributed by atoms with Crippen LogP contribution in [0.3, 0.4) is 0 Å². The van der Waals surface area contributed by atoms with Crippen LogP contribution in [-0.4, -0.2) is 50.2 Å². The van der Waals surface area contributed by atoms with Gasteiger partial charge >= 0.3 is 5.97 Å². The van der Waals surface area contributed by atoms with E-state index in [1.54, 1.807) is 7.05 Å². The lowest BCUT2D eigenvalue weighted by Gasteiger charge is -2.22. The average molecular weight is 284 g/mol. The van der Waals surface area contributed by atoms with Gasteiger partial charge in [0.15, 0.2) is 0 Å². The van der Waals surface area contributed by atoms with Gasteiger partial charge in [0.25, 0.3) is 0 Å². The summed E-state index contributed by atoms with van der Waals surface area (Å²) in [6, 6.07) is 2.23. The van der Waals surface area contributed by atoms with Crippen LogP contribution in [0.15, 0.2) is 18.2 Å². The Morgan fingerprint density at radius 1 is 1.20 bits per heavy atom. The van der Waals surface area contributed by atoms with Crippen molar-refractivity contribution in [3.05, 3.63) is 35.4 Å². The third-order valence-electron chi connectivity index (χ3n) is 2.72. The Labute approximate surface area is 116 Å². The fourth-order valence-electron chi connectivity index (χ4n) is 1.68. The number of carboxylic acids is 1. The quantitative estimate of drug-likeness (QED) is 0.812. The maximum Gasteiger partial charge on any atom is 0.328 e. The zero-order chi connectivity index (χ0) is 15.3. The van der Waals surface area contributed by atoms with Crippen LogP contribution >= 0.6 is 0 Å². The van der Waals surface area contributed by atoms with Crippen molar-refractivity contribution in [2.24, 2.45) is 0 Å². The summed E-state index contributed by atoms with van der Waals surface area (Å²) in [6.45, 7) is 1.14. The number of aliphatic carboxylic acids is 1. The van der Waals surface area contributed by atoms with E-state index in [9.17, 15) is 13.6 Å². The highest BCUT2D eigenvalue weighted by Gasteiger charge is 2.14. The maximum absolute atomic E-state index is 13.9. The van der Waals surface area contributed by atoms with Gasteiger partial charge in [-0.2, -0.15) is 0 Å². The molecule has 1 aromatic carbocycles. The van der Waals surface area contributed by atoms with Crippen molar-refractivity contribution in [2.45, 2.75) is 0 Å². The van der Waals surface area contributed by atoms with Gasteiger partial charge in [0.2, 0.25) is 0 Å². The number of carboxylic acid groups (broad SMARTS) is 1. The minimum Gasteiger partial charge on any atom is -0.478 e. The molecule has 0 aliphatic carbocycles. The van der Waals surface area contributed by atoms with Crippen molar-refractivity contribution in [1.29, 1.82) is 0 Å². The molecule has 6 heteroatoms. The lowest BCUT2D eigenvalue weighted by molar-refractivity contribution is -0.131. The predicted molar refractivity (Wildman–Crippen MR) is 74.9 cm³/mol. The highest BCUT2D eigenvalue weighted by atomic mass is 19.1. The fraction of sp³-hybridized carbons (Fsp3) is 0.357. The molecule has 0 radical (unpaired) electrons. The zero-order valence-corrected chi connectivity index (χ0v) is 11.7. The molecule has 110 valence electrons. The monoisotopic (exact) mass is 284 g/mol. The van der Waals surface area contributed by atoms with E-state index < -0.39 is 17.6 Å². The smallest absolute Gasteiger partial charge is 0.328 e. The van der Waals surface area contributed by atoms with Gasteiger partial charge < -0.3 is 14.9 Å². The van der Waals surface area contributed by atoms with E-state index in [1.165, 1.54) is 4.90 Å². The molecule has 0 saturated carbocycles. The zero-order valence-electron chi connectivity index (χ0n) is 11.7. The molecule has 20 heavy (non-hydrogen) atoms. The Morgan fingerprint density at radius 3 is 2.20 bits per heavy atom. The van der Waals surface area contributed by atoms with Gasteiger partial charge in [-0.05, 0) is 37.9 Å². The Balaban J connectivity index is 2.96. The molecule has 0 aliphatic rings. The minimum absolute atomic E-state index is 0.112. The highest BCUT2D eigenvalue weighted by molar-refractivity contribution is 5.85. The molecule has 0 spiro atoms. The molecule has 0 amide bonds. The van der Waals surface area contributed by atoms with Crippen molar-refractivity contribution in [3.63, 3.8) is 0 Å². The van der Waals surface area contributed by atoms with Crippen LogP contribution in [-0.2, 0) is 4.79 Å². The Kier molecular flexibility index (Phi) is 5.64. The topological polar surface area (TPSA) is 43.8 Å². The molecule has 0 atom stereocenters. The molecule has 0 aromatic heterocycles. The number of rotatable bonds is 6. The third-order valence-corrected chi connectivity index (χ3v) is 2.72. The molecule has 0 unspecified atom stereocenters. The molecule has 1 aromatic rings. The fourth-order valence-corrected chi connectivity index (χ4v) is 1.68. The van der Waals surface area contributed by atoms with E-state index in [2.05, 4.69) is 0 Å². The van der Waals surface area contributed by atoms with Crippen LogP contribution in [0.4, 0.5) is 14.5 Å². The van der Waals surface area contributed by atoms with Crippen molar-refractivity contribution < 1.29 is 18.7 Å². The van der Waals surface area contributed by atoms with Crippen molar-refractivity contribution in [2.75, 3.05) is 39.1 Å². The van der Waals surface area contributed by atoms with Crippen molar-refractivity contribution >= 4 is 17.7 Å². The van der Waals surface area contributed by atoms with Gasteiger partial charge in [0, 0.05) is 26.2 Å². The van der Waals surface area contributed by atoms with Crippen LogP contribution in [0.1, 0.15) is 5.56 Å². The van der Waals surface area contributed by atoms with Gasteiger partial charge in [-0.15, -0.1) is 0 Å². The van der Waals surface area contributed by atoms with Crippen molar-refractivity contribution in [1.82, 2.24) is 4.90 Å². The van der Waals surface area contributed by atoms with Crippen LogP contribution < -0.4 is 4.90 Å². The van der Waals surface area contributed by atoms with Crippen LogP contribution in [0, 0.1) is 11.6 Å². The van der Waals surface area contributed by atoms with E-state index in [4.69, 9.17) is 5.11 Å². The molecule has 1 rings (SSSR count). The molecule has 4 nitrogen and oxygen atoms in total. The van der Waals surface area contributed by atoms with Gasteiger partial charge in [0.1, 0.15) is 17.3 Å². The van der Waals surface area contributed by atoms with E-state index in [1.807, 2.05) is 19.0 Å². The Bertz CT molecular complexity index is 493. The molecule has 0 heterocycles. The number of benzene rings is 1. The predicted octanol–water partition coefficient (Wildman–Crippen LogP) is 2.06. The second kappa shape index (κ2) is 7.00. The first-order valence-corrected chi connectivity index (χ1v) is 6.07. The van der Waals surface area contributed by atoms with Crippen molar-refractivity contribution in [3.8, 4) is 0 Å². The molecular formula is C14H18F2N2O2. The summed E-state index contributed by atoms with van der Waals surface area (Å²) in [5, 5.41) is 8.49. The van der Waals surface area contributed by atoms with E-state index in [0.717, 1.165) is 24.3 Å². The summed E-state index contributed by atoms with van der Waals surface area (Å²) in [7, 11) is 5.36. The largest absolute Gasteiger partial charge is 0.478 e. The van der Waals surface area contributed by atoms with Gasteiger partial charge in [-0.1, -0.05) is 0 Å². The summed E-state index contributed by atoms with van der Waals surface area (Å²) in [5.41, 5.74) is 0.0616. The third kappa shape index (κ3) is 4.62. The maximum atomic E-state index is 13.9. The second-order valence-corrected chi connectivity index (χ2v) is 4.73. The van der Waals surface area contributed by atoms with Crippen LogP contribution in [0.2, 0.25) is 0 Å². The van der Waals surface area contributed by atoms with Crippen LogP contribution in [0.25, 0.3) is 6.08 Å². The van der Waals surface area contributed by atoms with Gasteiger partial charge in [0.05, 0.1) is 0 Å². The summed E-state index contributed by atoms with van der Waals surface area (Å²) < 4.78 is 27.9. The van der Waals surface area contributed by atoms with Crippen LogP contribution in [0.5, 0.6) is 0 Å². The van der Waals surface area contributed by atoms with E-state index in [0.29, 0.717) is 13.1 Å². The Hall–Kier alpha value is -1.95. The molecule has 0 aliphatic heterocycles. The number of likely N-dealkylation sites (N-methyl/N-ethyl adjacent to an activating group) is 2. The summed E-state index contributed by atoms with van der Waals surface area (Å²) in [6.07, 6.45) is 1.99. The lowest BCUT2D eigenvalue weighted by atomic mass is 10.1. The SMILES string of the molecule is CN(C)CCN(C)c1c(F)cc(C=CC(=O)O)cc1F. The first-order valence-electron chi connectivity index (χ1n) is 6.07. The first kappa shape index (κ1) is 16.1. The molecule has 0 saturated heterocycles. The lowest BCUT2D eigenvalue weighted by Crippen LogP contribution is -2.29. The number of halogens is 2. The molecule has 1 N–H and O–H groups in total. The average Bonchev–Trinajstić information content (AvgIpc) is 2.33. The highest BCUT2D eigenvalue weighted by Crippen LogP contribution is 2.24. The molecular weight excluding hydrogens is 266 g/mol. The molecule has 0 bridgehead atoms. The van der Waals surface area contributed by atoms with E-state index in [-0.39, 0.29) is 11.3 Å². The number of nitrogens with zero attached hydrogens (tertiary/aromatic N) is 2. The van der Waals surface area contributed by atoms with Gasteiger partial charge in [-0.3, -0.25) is 0 Å². The minimum atomic E-state index is -1.17. The number of hydrogen-bond donors (Lipinski definition) is 1. The molecule has 0 fully saturated rings.